The van der Waals surface area contributed by atoms with Crippen LogP contribution >= 0.6 is 0 Å². The van der Waals surface area contributed by atoms with Crippen LogP contribution in [-0.2, 0) is 5.41 Å². The Morgan fingerprint density at radius 3 is 2.20 bits per heavy atom. The summed E-state index contributed by atoms with van der Waals surface area (Å²) in [7, 11) is 3.54. The minimum Gasteiger partial charge on any atom is -0.496 e. The fraction of sp³-hybridized carbons (Fsp3) is 0.704. The zero-order chi connectivity index (χ0) is 22.1. The molecule has 3 atom stereocenters. The van der Waals surface area contributed by atoms with E-state index in [1.54, 1.807) is 14.2 Å². The van der Waals surface area contributed by atoms with Crippen LogP contribution < -0.4 is 9.47 Å². The zero-order valence-corrected chi connectivity index (χ0v) is 20.2. The second-order valence-corrected chi connectivity index (χ2v) is 10.6. The highest BCUT2D eigenvalue weighted by atomic mass is 16.5. The first-order valence-electron chi connectivity index (χ1n) is 11.8. The zero-order valence-electron chi connectivity index (χ0n) is 20.2. The number of rotatable bonds is 10. The van der Waals surface area contributed by atoms with E-state index in [2.05, 4.69) is 52.8 Å². The standard InChI is InChI=1S/C27H42O3/c1-8-9-10-11-12-26(2,3)19-14-23(29-6)25(24(15-19)30-7)20-13-18(17-28)21-16-22(20)27(21,4)5/h13-15,20-22,28H,8-12,16-17H2,1-7H3/t20-,21?,22?/m1/s1. The van der Waals surface area contributed by atoms with Crippen LogP contribution in [0.2, 0.25) is 0 Å². The smallest absolute Gasteiger partial charge is 0.126 e. The van der Waals surface area contributed by atoms with E-state index in [-0.39, 0.29) is 23.4 Å². The molecule has 0 spiro atoms. The van der Waals surface area contributed by atoms with Gasteiger partial charge in [0, 0.05) is 11.5 Å². The molecule has 168 valence electrons. The highest BCUT2D eigenvalue weighted by Gasteiger charge is 2.56. The molecule has 0 aromatic heterocycles. The largest absolute Gasteiger partial charge is 0.496 e. The van der Waals surface area contributed by atoms with Crippen LogP contribution in [0.5, 0.6) is 11.5 Å². The number of hydrogen-bond acceptors (Lipinski definition) is 3. The van der Waals surface area contributed by atoms with Gasteiger partial charge < -0.3 is 14.6 Å². The molecule has 2 bridgehead atoms. The van der Waals surface area contributed by atoms with Crippen LogP contribution in [0, 0.1) is 17.3 Å². The van der Waals surface area contributed by atoms with Gasteiger partial charge in [-0.3, -0.25) is 0 Å². The molecular formula is C27H42O3. The van der Waals surface area contributed by atoms with Crippen LogP contribution in [0.25, 0.3) is 0 Å². The van der Waals surface area contributed by atoms with Gasteiger partial charge in [-0.1, -0.05) is 66.4 Å². The average Bonchev–Trinajstić information content (AvgIpc) is 2.74. The van der Waals surface area contributed by atoms with E-state index in [0.29, 0.717) is 11.8 Å². The van der Waals surface area contributed by atoms with Crippen LogP contribution in [0.15, 0.2) is 23.8 Å². The van der Waals surface area contributed by atoms with Crippen molar-refractivity contribution < 1.29 is 14.6 Å². The van der Waals surface area contributed by atoms with Gasteiger partial charge in [-0.2, -0.15) is 0 Å². The Labute approximate surface area is 183 Å². The van der Waals surface area contributed by atoms with Crippen molar-refractivity contribution in [1.82, 2.24) is 0 Å². The van der Waals surface area contributed by atoms with Crippen LogP contribution in [-0.4, -0.2) is 25.9 Å². The molecule has 3 heteroatoms. The molecule has 0 radical (unpaired) electrons. The molecule has 1 N–H and O–H groups in total. The molecule has 0 aliphatic heterocycles. The third kappa shape index (κ3) is 4.02. The Kier molecular flexibility index (Phi) is 6.91. The highest BCUT2D eigenvalue weighted by Crippen LogP contribution is 2.65. The van der Waals surface area contributed by atoms with Crippen molar-refractivity contribution in [3.8, 4) is 11.5 Å². The van der Waals surface area contributed by atoms with Crippen molar-refractivity contribution in [3.05, 3.63) is 34.9 Å². The molecule has 3 nitrogen and oxygen atoms in total. The summed E-state index contributed by atoms with van der Waals surface area (Å²) in [4.78, 5) is 0. The molecule has 3 aliphatic carbocycles. The minimum atomic E-state index is 0.0757. The monoisotopic (exact) mass is 414 g/mol. The van der Waals surface area contributed by atoms with Gasteiger partial charge in [0.1, 0.15) is 11.5 Å². The van der Waals surface area contributed by atoms with Gasteiger partial charge in [0.15, 0.2) is 0 Å². The predicted molar refractivity (Wildman–Crippen MR) is 125 cm³/mol. The van der Waals surface area contributed by atoms with Gasteiger partial charge >= 0.3 is 0 Å². The highest BCUT2D eigenvalue weighted by molar-refractivity contribution is 5.55. The molecule has 1 aromatic carbocycles. The summed E-state index contributed by atoms with van der Waals surface area (Å²) >= 11 is 0. The quantitative estimate of drug-likeness (QED) is 0.345. The van der Waals surface area contributed by atoms with Crippen molar-refractivity contribution in [1.29, 1.82) is 0 Å². The molecule has 0 heterocycles. The van der Waals surface area contributed by atoms with Crippen molar-refractivity contribution >= 4 is 0 Å². The summed E-state index contributed by atoms with van der Waals surface area (Å²) in [6, 6.07) is 4.48. The molecule has 1 aromatic rings. The number of methoxy groups -OCH3 is 2. The molecule has 0 saturated heterocycles. The van der Waals surface area contributed by atoms with Crippen molar-refractivity contribution in [2.24, 2.45) is 17.3 Å². The molecule has 1 fully saturated rings. The van der Waals surface area contributed by atoms with E-state index in [9.17, 15) is 5.11 Å². The summed E-state index contributed by atoms with van der Waals surface area (Å²) in [6.45, 7) is 11.7. The first-order valence-corrected chi connectivity index (χ1v) is 11.8. The Hall–Kier alpha value is -1.48. The Bertz CT molecular complexity index is 749. The van der Waals surface area contributed by atoms with Gasteiger partial charge in [-0.15, -0.1) is 0 Å². The molecule has 2 unspecified atom stereocenters. The lowest BCUT2D eigenvalue weighted by Gasteiger charge is -2.59. The van der Waals surface area contributed by atoms with Crippen LogP contribution in [0.3, 0.4) is 0 Å². The van der Waals surface area contributed by atoms with E-state index >= 15 is 0 Å². The first kappa shape index (κ1) is 23.2. The number of unbranched alkanes of at least 4 members (excludes halogenated alkanes) is 3. The number of allylic oxidation sites excluding steroid dienone is 1. The molecule has 0 amide bonds. The summed E-state index contributed by atoms with van der Waals surface area (Å²) in [5, 5.41) is 9.98. The molecule has 3 aliphatic rings. The van der Waals surface area contributed by atoms with E-state index in [4.69, 9.17) is 9.47 Å². The van der Waals surface area contributed by atoms with Crippen molar-refractivity contribution in [3.63, 3.8) is 0 Å². The maximum atomic E-state index is 9.98. The van der Waals surface area contributed by atoms with Gasteiger partial charge in [-0.05, 0) is 58.8 Å². The predicted octanol–water partition coefficient (Wildman–Crippen LogP) is 6.63. The Morgan fingerprint density at radius 2 is 1.70 bits per heavy atom. The molecule has 4 rings (SSSR count). The van der Waals surface area contributed by atoms with Gasteiger partial charge in [0.05, 0.1) is 20.8 Å². The van der Waals surface area contributed by atoms with Gasteiger partial charge in [0.2, 0.25) is 0 Å². The molecule has 30 heavy (non-hydrogen) atoms. The van der Waals surface area contributed by atoms with Gasteiger partial charge in [0.25, 0.3) is 0 Å². The Balaban J connectivity index is 1.99. The third-order valence-corrected chi connectivity index (χ3v) is 8.11. The van der Waals surface area contributed by atoms with Crippen molar-refractivity contribution in [2.75, 3.05) is 20.8 Å². The second kappa shape index (κ2) is 8.94. The van der Waals surface area contributed by atoms with Crippen LogP contribution in [0.4, 0.5) is 0 Å². The fourth-order valence-corrected chi connectivity index (χ4v) is 5.90. The first-order chi connectivity index (χ1) is 14.2. The van der Waals surface area contributed by atoms with Crippen molar-refractivity contribution in [2.45, 2.75) is 84.5 Å². The number of ether oxygens (including phenoxy) is 2. The lowest BCUT2D eigenvalue weighted by molar-refractivity contribution is -0.0260. The maximum absolute atomic E-state index is 9.98. The van der Waals surface area contributed by atoms with E-state index < -0.39 is 0 Å². The van der Waals surface area contributed by atoms with Crippen LogP contribution in [0.1, 0.15) is 90.2 Å². The summed E-state index contributed by atoms with van der Waals surface area (Å²) in [6.07, 6.45) is 9.70. The number of aliphatic hydroxyl groups excluding tert-OH is 1. The maximum Gasteiger partial charge on any atom is 0.126 e. The SMILES string of the molecule is CCCCCCC(C)(C)c1cc(OC)c([C@@H]2C=C(CO)C3CC2C3(C)C)c(OC)c1. The topological polar surface area (TPSA) is 38.7 Å². The molecule has 1 saturated carbocycles. The van der Waals surface area contributed by atoms with E-state index in [1.807, 2.05) is 0 Å². The number of benzene rings is 1. The number of aliphatic hydroxyl groups is 1. The average molecular weight is 415 g/mol. The lowest BCUT2D eigenvalue weighted by atomic mass is 9.45. The number of fused-ring (bicyclic) bond motifs is 1. The third-order valence-electron chi connectivity index (χ3n) is 8.11. The minimum absolute atomic E-state index is 0.0757. The second-order valence-electron chi connectivity index (χ2n) is 10.6. The Morgan fingerprint density at radius 1 is 1.07 bits per heavy atom. The fourth-order valence-electron chi connectivity index (χ4n) is 5.90. The summed E-state index contributed by atoms with van der Waals surface area (Å²) in [5.41, 5.74) is 3.88. The van der Waals surface area contributed by atoms with Gasteiger partial charge in [-0.25, -0.2) is 0 Å². The lowest BCUT2D eigenvalue weighted by Crippen LogP contribution is -2.51. The van der Waals surface area contributed by atoms with E-state index in [0.717, 1.165) is 29.9 Å². The number of hydrogen-bond donors (Lipinski definition) is 1. The van der Waals surface area contributed by atoms with E-state index in [1.165, 1.54) is 36.8 Å². The normalized spacial score (nSPS) is 24.8. The summed E-state index contributed by atoms with van der Waals surface area (Å²) < 4.78 is 11.9. The summed E-state index contributed by atoms with van der Waals surface area (Å²) in [5.74, 6) is 3.12. The molecular weight excluding hydrogens is 372 g/mol.